The van der Waals surface area contributed by atoms with E-state index in [4.69, 9.17) is 17.4 Å². The van der Waals surface area contributed by atoms with Gasteiger partial charge in [0.05, 0.1) is 4.90 Å². The zero-order valence-corrected chi connectivity index (χ0v) is 15.3. The standard InChI is InChI=1S/C16H27N3O2S2/c1-2-3-4-5-6-7-8-13-18-16(22)19-14-9-11-15(12-10-14)23(17,20)21/h9-12H,2-8,13H2,1H3,(H2,17,20,21)(H2,18,19,22). The zero-order valence-electron chi connectivity index (χ0n) is 13.7. The first-order chi connectivity index (χ1) is 10.9. The van der Waals surface area contributed by atoms with Crippen LogP contribution in [0.4, 0.5) is 5.69 Å². The summed E-state index contributed by atoms with van der Waals surface area (Å²) in [5, 5.41) is 11.8. The Morgan fingerprint density at radius 3 is 2.17 bits per heavy atom. The number of unbranched alkanes of at least 4 members (excludes halogenated alkanes) is 6. The Morgan fingerprint density at radius 2 is 1.61 bits per heavy atom. The van der Waals surface area contributed by atoms with Gasteiger partial charge in [0.1, 0.15) is 0 Å². The lowest BCUT2D eigenvalue weighted by Crippen LogP contribution is -2.29. The third-order valence-electron chi connectivity index (χ3n) is 3.51. The van der Waals surface area contributed by atoms with E-state index in [1.54, 1.807) is 12.1 Å². The summed E-state index contributed by atoms with van der Waals surface area (Å²) in [6.07, 6.45) is 8.83. The van der Waals surface area contributed by atoms with E-state index in [1.807, 2.05) is 0 Å². The molecule has 0 unspecified atom stereocenters. The maximum atomic E-state index is 11.2. The molecule has 0 aromatic heterocycles. The van der Waals surface area contributed by atoms with Gasteiger partial charge in [0, 0.05) is 12.2 Å². The molecule has 5 nitrogen and oxygen atoms in total. The van der Waals surface area contributed by atoms with Gasteiger partial charge >= 0.3 is 0 Å². The van der Waals surface area contributed by atoms with E-state index in [9.17, 15) is 8.42 Å². The van der Waals surface area contributed by atoms with Crippen LogP contribution >= 0.6 is 12.2 Å². The number of nitrogens with one attached hydrogen (secondary N) is 2. The van der Waals surface area contributed by atoms with E-state index in [1.165, 1.54) is 50.7 Å². The summed E-state index contributed by atoms with van der Waals surface area (Å²) in [5.41, 5.74) is 0.731. The number of anilines is 1. The predicted molar refractivity (Wildman–Crippen MR) is 100 cm³/mol. The molecule has 23 heavy (non-hydrogen) atoms. The fourth-order valence-corrected chi connectivity index (χ4v) is 2.92. The van der Waals surface area contributed by atoms with Gasteiger partial charge in [0.25, 0.3) is 0 Å². The zero-order chi connectivity index (χ0) is 17.1. The molecule has 0 radical (unpaired) electrons. The molecular formula is C16H27N3O2S2. The van der Waals surface area contributed by atoms with Crippen LogP contribution in [0.15, 0.2) is 29.2 Å². The second-order valence-electron chi connectivity index (χ2n) is 5.57. The Balaban J connectivity index is 2.19. The van der Waals surface area contributed by atoms with Crippen LogP contribution in [0.5, 0.6) is 0 Å². The molecule has 7 heteroatoms. The molecule has 0 aliphatic rings. The highest BCUT2D eigenvalue weighted by Crippen LogP contribution is 2.12. The van der Waals surface area contributed by atoms with E-state index in [0.717, 1.165) is 18.7 Å². The fraction of sp³-hybridized carbons (Fsp3) is 0.562. The molecule has 0 bridgehead atoms. The van der Waals surface area contributed by atoms with Crippen LogP contribution in [0, 0.1) is 0 Å². The second kappa shape index (κ2) is 10.6. The van der Waals surface area contributed by atoms with Gasteiger partial charge in [-0.2, -0.15) is 0 Å². The van der Waals surface area contributed by atoms with E-state index < -0.39 is 10.0 Å². The molecule has 0 heterocycles. The average molecular weight is 358 g/mol. The summed E-state index contributed by atoms with van der Waals surface area (Å²) in [6.45, 7) is 3.06. The molecule has 1 aromatic carbocycles. The largest absolute Gasteiger partial charge is 0.362 e. The van der Waals surface area contributed by atoms with Gasteiger partial charge < -0.3 is 10.6 Å². The smallest absolute Gasteiger partial charge is 0.238 e. The minimum absolute atomic E-state index is 0.0880. The van der Waals surface area contributed by atoms with Crippen LogP contribution < -0.4 is 15.8 Å². The molecule has 0 saturated heterocycles. The SMILES string of the molecule is CCCCCCCCCNC(=S)Nc1ccc(S(N)(=O)=O)cc1. The number of rotatable bonds is 10. The molecule has 1 rings (SSSR count). The quantitative estimate of drug-likeness (QED) is 0.442. The number of hydrogen-bond acceptors (Lipinski definition) is 3. The van der Waals surface area contributed by atoms with Gasteiger partial charge in [0.2, 0.25) is 10.0 Å². The first kappa shape index (κ1) is 19.9. The van der Waals surface area contributed by atoms with Crippen molar-refractivity contribution < 1.29 is 8.42 Å². The van der Waals surface area contributed by atoms with Crippen molar-refractivity contribution in [3.8, 4) is 0 Å². The van der Waals surface area contributed by atoms with E-state index in [0.29, 0.717) is 5.11 Å². The third kappa shape index (κ3) is 8.88. The summed E-state index contributed by atoms with van der Waals surface area (Å²) in [6, 6.07) is 6.19. The molecular weight excluding hydrogens is 330 g/mol. The third-order valence-corrected chi connectivity index (χ3v) is 4.68. The van der Waals surface area contributed by atoms with Crippen molar-refractivity contribution >= 4 is 33.0 Å². The number of thiocarbonyl (C=S) groups is 1. The van der Waals surface area contributed by atoms with Crippen molar-refractivity contribution in [3.63, 3.8) is 0 Å². The summed E-state index contributed by atoms with van der Waals surface area (Å²) in [7, 11) is -3.65. The lowest BCUT2D eigenvalue weighted by molar-refractivity contribution is 0.586. The topological polar surface area (TPSA) is 84.2 Å². The van der Waals surface area contributed by atoms with Gasteiger partial charge in [-0.25, -0.2) is 13.6 Å². The highest BCUT2D eigenvalue weighted by molar-refractivity contribution is 7.89. The molecule has 0 atom stereocenters. The van der Waals surface area contributed by atoms with Crippen LogP contribution in [0.2, 0.25) is 0 Å². The van der Waals surface area contributed by atoms with Crippen LogP contribution in [0.25, 0.3) is 0 Å². The summed E-state index contributed by atoms with van der Waals surface area (Å²) < 4.78 is 22.3. The van der Waals surface area contributed by atoms with Crippen LogP contribution in [-0.2, 0) is 10.0 Å². The maximum absolute atomic E-state index is 11.2. The number of benzene rings is 1. The molecule has 1 aromatic rings. The van der Waals surface area contributed by atoms with Gasteiger partial charge in [-0.1, -0.05) is 45.4 Å². The minimum Gasteiger partial charge on any atom is -0.362 e. The summed E-state index contributed by atoms with van der Waals surface area (Å²) in [5.74, 6) is 0. The lowest BCUT2D eigenvalue weighted by Gasteiger charge is -2.10. The monoisotopic (exact) mass is 357 g/mol. The van der Waals surface area contributed by atoms with Crippen molar-refractivity contribution in [2.45, 2.75) is 56.8 Å². The molecule has 0 spiro atoms. The van der Waals surface area contributed by atoms with Gasteiger partial charge in [-0.15, -0.1) is 0 Å². The van der Waals surface area contributed by atoms with Crippen molar-refractivity contribution in [2.24, 2.45) is 5.14 Å². The minimum atomic E-state index is -3.65. The Bertz CT molecular complexity index is 571. The van der Waals surface area contributed by atoms with Crippen molar-refractivity contribution in [1.82, 2.24) is 5.32 Å². The maximum Gasteiger partial charge on any atom is 0.238 e. The van der Waals surface area contributed by atoms with Crippen molar-refractivity contribution in [2.75, 3.05) is 11.9 Å². The van der Waals surface area contributed by atoms with Crippen LogP contribution in [0.1, 0.15) is 51.9 Å². The molecule has 0 amide bonds. The molecule has 0 aliphatic heterocycles. The van der Waals surface area contributed by atoms with Gasteiger partial charge in [-0.05, 0) is 42.9 Å². The molecule has 130 valence electrons. The number of nitrogens with two attached hydrogens (primary N) is 1. The number of sulfonamides is 1. The Kier molecular flexibility index (Phi) is 9.13. The predicted octanol–water partition coefficient (Wildman–Crippen LogP) is 3.37. The lowest BCUT2D eigenvalue weighted by atomic mass is 10.1. The Labute approximate surface area is 145 Å². The molecule has 4 N–H and O–H groups in total. The van der Waals surface area contributed by atoms with Crippen LogP contribution in [0.3, 0.4) is 0 Å². The molecule has 0 fully saturated rings. The fourth-order valence-electron chi connectivity index (χ4n) is 2.19. The van der Waals surface area contributed by atoms with E-state index in [2.05, 4.69) is 17.6 Å². The van der Waals surface area contributed by atoms with Gasteiger partial charge in [0.15, 0.2) is 5.11 Å². The first-order valence-electron chi connectivity index (χ1n) is 8.11. The van der Waals surface area contributed by atoms with E-state index in [-0.39, 0.29) is 4.90 Å². The van der Waals surface area contributed by atoms with Gasteiger partial charge in [-0.3, -0.25) is 0 Å². The highest BCUT2D eigenvalue weighted by atomic mass is 32.2. The second-order valence-corrected chi connectivity index (χ2v) is 7.54. The molecule has 0 saturated carbocycles. The average Bonchev–Trinajstić information content (AvgIpc) is 2.49. The molecule has 0 aliphatic carbocycles. The normalized spacial score (nSPS) is 11.2. The Morgan fingerprint density at radius 1 is 1.04 bits per heavy atom. The summed E-state index contributed by atoms with van der Waals surface area (Å²) in [4.78, 5) is 0.0880. The highest BCUT2D eigenvalue weighted by Gasteiger charge is 2.06. The van der Waals surface area contributed by atoms with E-state index >= 15 is 0 Å². The first-order valence-corrected chi connectivity index (χ1v) is 10.1. The number of hydrogen-bond donors (Lipinski definition) is 3. The van der Waals surface area contributed by atoms with Crippen molar-refractivity contribution in [3.05, 3.63) is 24.3 Å². The van der Waals surface area contributed by atoms with Crippen LogP contribution in [-0.4, -0.2) is 20.1 Å². The Hall–Kier alpha value is -1.18. The number of primary sulfonamides is 1. The summed E-state index contributed by atoms with van der Waals surface area (Å²) >= 11 is 5.21. The van der Waals surface area contributed by atoms with Crippen molar-refractivity contribution in [1.29, 1.82) is 0 Å².